The molecule has 0 radical (unpaired) electrons. The number of rotatable bonds is 5. The highest BCUT2D eigenvalue weighted by Gasteiger charge is 2.25. The van der Waals surface area contributed by atoms with Gasteiger partial charge in [-0.3, -0.25) is 9.69 Å². The zero-order chi connectivity index (χ0) is 14.5. The molecular formula is C16H24N2O2. The average molecular weight is 276 g/mol. The van der Waals surface area contributed by atoms with Crippen LogP contribution in [-0.2, 0) is 11.2 Å². The van der Waals surface area contributed by atoms with E-state index in [0.29, 0.717) is 5.92 Å². The number of carbonyl (C=O) groups excluding carboxylic acids is 1. The molecule has 1 aromatic rings. The van der Waals surface area contributed by atoms with Crippen LogP contribution in [0.1, 0.15) is 25.3 Å². The first-order valence-electron chi connectivity index (χ1n) is 7.26. The third-order valence-corrected chi connectivity index (χ3v) is 4.29. The molecule has 4 nitrogen and oxygen atoms in total. The Hall–Kier alpha value is -1.55. The molecule has 4 heteroatoms. The second kappa shape index (κ2) is 6.75. The summed E-state index contributed by atoms with van der Waals surface area (Å²) in [6, 6.07) is 8.16. The van der Waals surface area contributed by atoms with Gasteiger partial charge in [0.25, 0.3) is 0 Å². The Morgan fingerprint density at radius 3 is 2.45 bits per heavy atom. The second-order valence-corrected chi connectivity index (χ2v) is 5.61. The third-order valence-electron chi connectivity index (χ3n) is 4.29. The van der Waals surface area contributed by atoms with Gasteiger partial charge in [0.2, 0.25) is 5.91 Å². The SMILES string of the molecule is COc1ccc(CC2CCN([C@@H](C)C(N)=O)CC2)cc1. The van der Waals surface area contributed by atoms with Crippen LogP contribution in [0.25, 0.3) is 0 Å². The van der Waals surface area contributed by atoms with Crippen molar-refractivity contribution in [3.05, 3.63) is 29.8 Å². The van der Waals surface area contributed by atoms with Gasteiger partial charge in [0.05, 0.1) is 13.2 Å². The molecule has 1 fully saturated rings. The van der Waals surface area contributed by atoms with E-state index in [0.717, 1.165) is 38.1 Å². The van der Waals surface area contributed by atoms with Crippen LogP contribution in [0.4, 0.5) is 0 Å². The van der Waals surface area contributed by atoms with Crippen molar-refractivity contribution >= 4 is 5.91 Å². The van der Waals surface area contributed by atoms with Gasteiger partial charge in [-0.25, -0.2) is 0 Å². The van der Waals surface area contributed by atoms with Gasteiger partial charge in [0.1, 0.15) is 5.75 Å². The number of ether oxygens (including phenoxy) is 1. The number of methoxy groups -OCH3 is 1. The molecule has 1 aromatic carbocycles. The quantitative estimate of drug-likeness (QED) is 0.892. The molecule has 0 bridgehead atoms. The fraction of sp³-hybridized carbons (Fsp3) is 0.562. The molecule has 2 rings (SSSR count). The summed E-state index contributed by atoms with van der Waals surface area (Å²) >= 11 is 0. The highest BCUT2D eigenvalue weighted by atomic mass is 16.5. The molecule has 20 heavy (non-hydrogen) atoms. The summed E-state index contributed by atoms with van der Waals surface area (Å²) < 4.78 is 5.17. The Labute approximate surface area is 120 Å². The van der Waals surface area contributed by atoms with Crippen LogP contribution in [0.5, 0.6) is 5.75 Å². The molecule has 1 aliphatic heterocycles. The van der Waals surface area contributed by atoms with Crippen molar-refractivity contribution in [2.75, 3.05) is 20.2 Å². The topological polar surface area (TPSA) is 55.6 Å². The monoisotopic (exact) mass is 276 g/mol. The van der Waals surface area contributed by atoms with E-state index in [1.54, 1.807) is 7.11 Å². The van der Waals surface area contributed by atoms with Gasteiger partial charge in [-0.15, -0.1) is 0 Å². The largest absolute Gasteiger partial charge is 0.497 e. The lowest BCUT2D eigenvalue weighted by Crippen LogP contribution is -2.46. The summed E-state index contributed by atoms with van der Waals surface area (Å²) in [5.74, 6) is 1.37. The Morgan fingerprint density at radius 1 is 1.35 bits per heavy atom. The molecule has 1 atom stereocenters. The Balaban J connectivity index is 1.83. The molecule has 1 saturated heterocycles. The number of amides is 1. The average Bonchev–Trinajstić information content (AvgIpc) is 2.48. The number of benzene rings is 1. The van der Waals surface area contributed by atoms with Crippen molar-refractivity contribution in [1.29, 1.82) is 0 Å². The summed E-state index contributed by atoms with van der Waals surface area (Å²) in [6.07, 6.45) is 3.36. The maximum Gasteiger partial charge on any atom is 0.234 e. The minimum Gasteiger partial charge on any atom is -0.497 e. The fourth-order valence-corrected chi connectivity index (χ4v) is 2.82. The summed E-state index contributed by atoms with van der Waals surface area (Å²) in [7, 11) is 1.69. The summed E-state index contributed by atoms with van der Waals surface area (Å²) in [5.41, 5.74) is 6.71. The maximum atomic E-state index is 11.2. The van der Waals surface area contributed by atoms with Gasteiger partial charge in [0.15, 0.2) is 0 Å². The van der Waals surface area contributed by atoms with Gasteiger partial charge in [-0.2, -0.15) is 0 Å². The molecule has 0 unspecified atom stereocenters. The molecule has 2 N–H and O–H groups in total. The number of carbonyl (C=O) groups is 1. The van der Waals surface area contributed by atoms with Crippen LogP contribution < -0.4 is 10.5 Å². The van der Waals surface area contributed by atoms with E-state index >= 15 is 0 Å². The van der Waals surface area contributed by atoms with Crippen molar-refractivity contribution < 1.29 is 9.53 Å². The lowest BCUT2D eigenvalue weighted by Gasteiger charge is -2.34. The van der Waals surface area contributed by atoms with Gasteiger partial charge in [-0.1, -0.05) is 12.1 Å². The van der Waals surface area contributed by atoms with Gasteiger partial charge < -0.3 is 10.5 Å². The summed E-state index contributed by atoms with van der Waals surface area (Å²) in [5, 5.41) is 0. The number of likely N-dealkylation sites (tertiary alicyclic amines) is 1. The van der Waals surface area contributed by atoms with Gasteiger partial charge in [0, 0.05) is 0 Å². The first-order chi connectivity index (χ1) is 9.60. The van der Waals surface area contributed by atoms with E-state index in [9.17, 15) is 4.79 Å². The number of hydrogen-bond donors (Lipinski definition) is 1. The third kappa shape index (κ3) is 3.73. The van der Waals surface area contributed by atoms with E-state index in [4.69, 9.17) is 10.5 Å². The molecule has 1 aliphatic rings. The van der Waals surface area contributed by atoms with Crippen LogP contribution >= 0.6 is 0 Å². The first kappa shape index (κ1) is 14.9. The second-order valence-electron chi connectivity index (χ2n) is 5.61. The standard InChI is InChI=1S/C16H24N2O2/c1-12(16(17)19)18-9-7-14(8-10-18)11-13-3-5-15(20-2)6-4-13/h3-6,12,14H,7-11H2,1-2H3,(H2,17,19)/t12-/m0/s1. The number of piperidine rings is 1. The van der Waals surface area contributed by atoms with Crippen molar-refractivity contribution in [3.8, 4) is 5.75 Å². The Morgan fingerprint density at radius 2 is 1.95 bits per heavy atom. The predicted molar refractivity (Wildman–Crippen MR) is 79.7 cm³/mol. The molecular weight excluding hydrogens is 252 g/mol. The zero-order valence-corrected chi connectivity index (χ0v) is 12.3. The number of nitrogens with zero attached hydrogens (tertiary/aromatic N) is 1. The minimum atomic E-state index is -0.224. The van der Waals surface area contributed by atoms with E-state index in [1.807, 2.05) is 19.1 Å². The van der Waals surface area contributed by atoms with Crippen molar-refractivity contribution in [3.63, 3.8) is 0 Å². The van der Waals surface area contributed by atoms with E-state index in [-0.39, 0.29) is 11.9 Å². The lowest BCUT2D eigenvalue weighted by molar-refractivity contribution is -0.123. The number of nitrogens with two attached hydrogens (primary N) is 1. The van der Waals surface area contributed by atoms with Gasteiger partial charge >= 0.3 is 0 Å². The molecule has 110 valence electrons. The van der Waals surface area contributed by atoms with Crippen molar-refractivity contribution in [1.82, 2.24) is 4.90 Å². The predicted octanol–water partition coefficient (Wildman–Crippen LogP) is 1.82. The smallest absolute Gasteiger partial charge is 0.234 e. The Kier molecular flexibility index (Phi) is 5.01. The number of primary amides is 1. The van der Waals surface area contributed by atoms with Crippen LogP contribution in [0.3, 0.4) is 0 Å². The zero-order valence-electron chi connectivity index (χ0n) is 12.3. The highest BCUT2D eigenvalue weighted by Crippen LogP contribution is 2.23. The maximum absolute atomic E-state index is 11.2. The van der Waals surface area contributed by atoms with E-state index < -0.39 is 0 Å². The van der Waals surface area contributed by atoms with Crippen molar-refractivity contribution in [2.24, 2.45) is 11.7 Å². The van der Waals surface area contributed by atoms with Crippen LogP contribution in [0.2, 0.25) is 0 Å². The molecule has 1 amide bonds. The fourth-order valence-electron chi connectivity index (χ4n) is 2.82. The highest BCUT2D eigenvalue weighted by molar-refractivity contribution is 5.79. The first-order valence-corrected chi connectivity index (χ1v) is 7.26. The minimum absolute atomic E-state index is 0.142. The van der Waals surface area contributed by atoms with Gasteiger partial charge in [-0.05, 0) is 62.9 Å². The van der Waals surface area contributed by atoms with E-state index in [1.165, 1.54) is 5.56 Å². The number of hydrogen-bond acceptors (Lipinski definition) is 3. The summed E-state index contributed by atoms with van der Waals surface area (Å²) in [4.78, 5) is 13.4. The van der Waals surface area contributed by atoms with Crippen LogP contribution in [0, 0.1) is 5.92 Å². The van der Waals surface area contributed by atoms with Crippen LogP contribution in [0.15, 0.2) is 24.3 Å². The van der Waals surface area contributed by atoms with E-state index in [2.05, 4.69) is 17.0 Å². The summed E-state index contributed by atoms with van der Waals surface area (Å²) in [6.45, 7) is 3.82. The van der Waals surface area contributed by atoms with Crippen LogP contribution in [-0.4, -0.2) is 37.0 Å². The molecule has 0 spiro atoms. The lowest BCUT2D eigenvalue weighted by atomic mass is 9.89. The molecule has 0 saturated carbocycles. The molecule has 1 heterocycles. The molecule has 0 aliphatic carbocycles. The van der Waals surface area contributed by atoms with Crippen molar-refractivity contribution in [2.45, 2.75) is 32.2 Å². The Bertz CT molecular complexity index is 436. The normalized spacial score (nSPS) is 18.7. The molecule has 0 aromatic heterocycles.